The van der Waals surface area contributed by atoms with E-state index in [1.165, 1.54) is 16.6 Å². The standard InChI is InChI=1S/C21H20FN7O/c1-3-15-20(24-11-13-6-4-7-14(22)10-13)25-21(27-26-15)18-12(2)28-29-16(18)8-5-9-17(29)19(23)30/h4-10H,3,11H2,1-2H3,(H2,23,30)(H,24,25,27). The number of hydrogen-bond acceptors (Lipinski definition) is 6. The fourth-order valence-electron chi connectivity index (χ4n) is 3.31. The van der Waals surface area contributed by atoms with Crippen molar-refractivity contribution >= 4 is 17.2 Å². The van der Waals surface area contributed by atoms with E-state index in [4.69, 9.17) is 5.73 Å². The molecule has 0 aliphatic rings. The number of nitrogens with one attached hydrogen (secondary N) is 1. The second-order valence-electron chi connectivity index (χ2n) is 6.80. The molecule has 0 unspecified atom stereocenters. The number of anilines is 1. The molecule has 0 spiro atoms. The number of pyridine rings is 1. The SMILES string of the molecule is CCc1nnc(-c2c(C)nn3c(C(N)=O)cccc23)nc1NCc1cccc(F)c1. The maximum atomic E-state index is 13.5. The molecule has 0 saturated carbocycles. The van der Waals surface area contributed by atoms with Crippen molar-refractivity contribution in [2.45, 2.75) is 26.8 Å². The number of hydrogen-bond donors (Lipinski definition) is 2. The second-order valence-corrected chi connectivity index (χ2v) is 6.80. The fourth-order valence-corrected chi connectivity index (χ4v) is 3.31. The van der Waals surface area contributed by atoms with Gasteiger partial charge < -0.3 is 11.1 Å². The lowest BCUT2D eigenvalue weighted by Crippen LogP contribution is -2.15. The van der Waals surface area contributed by atoms with Crippen LogP contribution in [0.2, 0.25) is 0 Å². The van der Waals surface area contributed by atoms with Crippen molar-refractivity contribution in [2.75, 3.05) is 5.32 Å². The number of nitrogens with two attached hydrogens (primary N) is 1. The molecule has 1 amide bonds. The highest BCUT2D eigenvalue weighted by Crippen LogP contribution is 2.27. The number of nitrogens with zero attached hydrogens (tertiary/aromatic N) is 5. The third-order valence-electron chi connectivity index (χ3n) is 4.75. The van der Waals surface area contributed by atoms with Gasteiger partial charge in [-0.25, -0.2) is 13.9 Å². The molecule has 0 fully saturated rings. The highest BCUT2D eigenvalue weighted by atomic mass is 19.1. The summed E-state index contributed by atoms with van der Waals surface area (Å²) in [4.78, 5) is 16.4. The lowest BCUT2D eigenvalue weighted by molar-refractivity contribution is 0.0993. The van der Waals surface area contributed by atoms with Gasteiger partial charge in [-0.15, -0.1) is 10.2 Å². The predicted molar refractivity (Wildman–Crippen MR) is 110 cm³/mol. The molecule has 0 atom stereocenters. The molecule has 0 radical (unpaired) electrons. The van der Waals surface area contributed by atoms with Crippen molar-refractivity contribution in [2.24, 2.45) is 5.73 Å². The summed E-state index contributed by atoms with van der Waals surface area (Å²) in [5.74, 6) is 0.0749. The van der Waals surface area contributed by atoms with E-state index in [1.54, 1.807) is 18.2 Å². The first-order chi connectivity index (χ1) is 14.5. The van der Waals surface area contributed by atoms with E-state index in [1.807, 2.05) is 26.0 Å². The predicted octanol–water partition coefficient (Wildman–Crippen LogP) is 2.91. The lowest BCUT2D eigenvalue weighted by Gasteiger charge is -2.10. The molecule has 8 nitrogen and oxygen atoms in total. The number of aryl methyl sites for hydroxylation is 2. The van der Waals surface area contributed by atoms with Crippen LogP contribution in [0.15, 0.2) is 42.5 Å². The topological polar surface area (TPSA) is 111 Å². The average molecular weight is 405 g/mol. The van der Waals surface area contributed by atoms with Gasteiger partial charge in [-0.05, 0) is 43.2 Å². The van der Waals surface area contributed by atoms with Crippen molar-refractivity contribution in [3.05, 3.63) is 70.9 Å². The molecule has 3 aromatic heterocycles. The van der Waals surface area contributed by atoms with Gasteiger partial charge in [-0.2, -0.15) is 5.10 Å². The number of fused-ring (bicyclic) bond motifs is 1. The van der Waals surface area contributed by atoms with Crippen molar-refractivity contribution in [1.82, 2.24) is 24.8 Å². The molecule has 0 saturated heterocycles. The Kier molecular flexibility index (Phi) is 5.09. The van der Waals surface area contributed by atoms with Gasteiger partial charge in [0.15, 0.2) is 11.6 Å². The summed E-state index contributed by atoms with van der Waals surface area (Å²) in [5, 5.41) is 16.2. The number of primary amides is 1. The van der Waals surface area contributed by atoms with Crippen LogP contribution in [0.25, 0.3) is 16.9 Å². The molecule has 1 aromatic carbocycles. The molecule has 3 heterocycles. The van der Waals surface area contributed by atoms with Crippen LogP contribution >= 0.6 is 0 Å². The monoisotopic (exact) mass is 405 g/mol. The molecular formula is C21H20FN7O. The molecule has 30 heavy (non-hydrogen) atoms. The maximum Gasteiger partial charge on any atom is 0.267 e. The highest BCUT2D eigenvalue weighted by molar-refractivity contribution is 5.93. The zero-order valence-electron chi connectivity index (χ0n) is 16.6. The summed E-state index contributed by atoms with van der Waals surface area (Å²) >= 11 is 0. The van der Waals surface area contributed by atoms with Gasteiger partial charge in [0.25, 0.3) is 5.91 Å². The Morgan fingerprint density at radius 1 is 1.20 bits per heavy atom. The minimum atomic E-state index is -0.576. The van der Waals surface area contributed by atoms with Gasteiger partial charge in [0.2, 0.25) is 0 Å². The second kappa shape index (κ2) is 7.86. The average Bonchev–Trinajstić information content (AvgIpc) is 3.07. The van der Waals surface area contributed by atoms with Crippen molar-refractivity contribution in [1.29, 1.82) is 0 Å². The maximum absolute atomic E-state index is 13.5. The smallest absolute Gasteiger partial charge is 0.267 e. The molecule has 9 heteroatoms. The molecule has 152 valence electrons. The van der Waals surface area contributed by atoms with Crippen LogP contribution in [0.3, 0.4) is 0 Å². The van der Waals surface area contributed by atoms with E-state index in [0.29, 0.717) is 47.1 Å². The first-order valence-electron chi connectivity index (χ1n) is 9.48. The molecule has 4 aromatic rings. The summed E-state index contributed by atoms with van der Waals surface area (Å²) in [6.07, 6.45) is 0.630. The summed E-state index contributed by atoms with van der Waals surface area (Å²) in [7, 11) is 0. The van der Waals surface area contributed by atoms with Crippen molar-refractivity contribution in [3.8, 4) is 11.4 Å². The van der Waals surface area contributed by atoms with Crippen LogP contribution < -0.4 is 11.1 Å². The number of carbonyl (C=O) groups is 1. The van der Waals surface area contributed by atoms with Crippen LogP contribution in [0.5, 0.6) is 0 Å². The first-order valence-corrected chi connectivity index (χ1v) is 9.48. The molecule has 0 aliphatic heterocycles. The van der Waals surface area contributed by atoms with Crippen LogP contribution in [-0.2, 0) is 13.0 Å². The molecular weight excluding hydrogens is 385 g/mol. The largest absolute Gasteiger partial charge is 0.364 e. The quantitative estimate of drug-likeness (QED) is 0.510. The van der Waals surface area contributed by atoms with E-state index in [2.05, 4.69) is 25.6 Å². The molecule has 0 aliphatic carbocycles. The minimum Gasteiger partial charge on any atom is -0.364 e. The van der Waals surface area contributed by atoms with Crippen LogP contribution in [0.4, 0.5) is 10.2 Å². The van der Waals surface area contributed by atoms with Gasteiger partial charge in [0.05, 0.1) is 16.8 Å². The molecule has 4 rings (SSSR count). The van der Waals surface area contributed by atoms with Crippen molar-refractivity contribution in [3.63, 3.8) is 0 Å². The highest BCUT2D eigenvalue weighted by Gasteiger charge is 2.19. The van der Waals surface area contributed by atoms with Crippen LogP contribution in [0, 0.1) is 12.7 Å². The Labute approximate surface area is 172 Å². The van der Waals surface area contributed by atoms with E-state index >= 15 is 0 Å². The van der Waals surface area contributed by atoms with Crippen LogP contribution in [0.1, 0.15) is 34.4 Å². The first kappa shape index (κ1) is 19.4. The Bertz CT molecular complexity index is 1250. The summed E-state index contributed by atoms with van der Waals surface area (Å²) in [6, 6.07) is 11.5. The minimum absolute atomic E-state index is 0.268. The molecule has 0 bridgehead atoms. The van der Waals surface area contributed by atoms with Gasteiger partial charge >= 0.3 is 0 Å². The Morgan fingerprint density at radius 2 is 2.00 bits per heavy atom. The number of halogens is 1. The van der Waals surface area contributed by atoms with E-state index < -0.39 is 5.91 Å². The number of benzene rings is 1. The summed E-state index contributed by atoms with van der Waals surface area (Å²) in [6.45, 7) is 4.16. The van der Waals surface area contributed by atoms with Crippen molar-refractivity contribution < 1.29 is 9.18 Å². The van der Waals surface area contributed by atoms with Crippen LogP contribution in [-0.4, -0.2) is 30.7 Å². The Morgan fingerprint density at radius 3 is 2.73 bits per heavy atom. The zero-order valence-corrected chi connectivity index (χ0v) is 16.6. The molecule has 3 N–H and O–H groups in total. The van der Waals surface area contributed by atoms with Gasteiger partial charge in [-0.3, -0.25) is 4.79 Å². The van der Waals surface area contributed by atoms with E-state index in [0.717, 1.165) is 5.56 Å². The van der Waals surface area contributed by atoms with Gasteiger partial charge in [-0.1, -0.05) is 25.1 Å². The van der Waals surface area contributed by atoms with Gasteiger partial charge in [0, 0.05) is 6.54 Å². The van der Waals surface area contributed by atoms with E-state index in [9.17, 15) is 9.18 Å². The summed E-state index contributed by atoms with van der Waals surface area (Å²) in [5.41, 5.74) is 9.19. The fraction of sp³-hybridized carbons (Fsp3) is 0.190. The Balaban J connectivity index is 1.75. The number of carbonyl (C=O) groups excluding carboxylic acids is 1. The van der Waals surface area contributed by atoms with Gasteiger partial charge in [0.1, 0.15) is 17.2 Å². The third kappa shape index (κ3) is 3.57. The Hall–Kier alpha value is -3.88. The van der Waals surface area contributed by atoms with E-state index in [-0.39, 0.29) is 11.5 Å². The number of amides is 1. The number of aromatic nitrogens is 5. The number of rotatable bonds is 6. The summed E-state index contributed by atoms with van der Waals surface area (Å²) < 4.78 is 15.0. The third-order valence-corrected chi connectivity index (χ3v) is 4.75. The lowest BCUT2D eigenvalue weighted by atomic mass is 10.2. The normalized spacial score (nSPS) is 11.0. The zero-order chi connectivity index (χ0) is 21.3.